The lowest BCUT2D eigenvalue weighted by Crippen LogP contribution is -2.61. The largest absolute Gasteiger partial charge is 0.454 e. The maximum atomic E-state index is 14.5. The Kier molecular flexibility index (Phi) is 12.3. The van der Waals surface area contributed by atoms with Gasteiger partial charge in [-0.25, -0.2) is 13.6 Å². The van der Waals surface area contributed by atoms with Crippen molar-refractivity contribution in [3.05, 3.63) is 53.6 Å². The molecule has 4 saturated heterocycles. The average Bonchev–Trinajstić information content (AvgIpc) is 3.95. The molecule has 58 heavy (non-hydrogen) atoms. The van der Waals surface area contributed by atoms with Crippen molar-refractivity contribution in [2.45, 2.75) is 95.0 Å². The third-order valence-electron chi connectivity index (χ3n) is 11.4. The Morgan fingerprint density at radius 2 is 1.57 bits per heavy atom. The molecule has 0 saturated carbocycles. The number of amides is 7. The summed E-state index contributed by atoms with van der Waals surface area (Å²) in [4.78, 5) is 88.3. The van der Waals surface area contributed by atoms with Crippen molar-refractivity contribution in [3.8, 4) is 11.5 Å². The molecule has 0 spiro atoms. The molecular weight excluding hydrogens is 760 g/mol. The summed E-state index contributed by atoms with van der Waals surface area (Å²) in [6, 6.07) is 0.776. The Morgan fingerprint density at radius 3 is 2.36 bits per heavy atom. The number of fused-ring (bicyclic) bond motifs is 4. The molecule has 0 aromatic heterocycles. The fraction of sp³-hybridized carbons (Fsp3) is 0.550. The van der Waals surface area contributed by atoms with E-state index in [4.69, 9.17) is 14.2 Å². The number of urea groups is 1. The van der Waals surface area contributed by atoms with Gasteiger partial charge in [-0.2, -0.15) is 0 Å². The molecule has 5 heterocycles. The summed E-state index contributed by atoms with van der Waals surface area (Å²) in [5.41, 5.74) is 0.362. The Labute approximate surface area is 334 Å². The number of ether oxygens (including phenoxy) is 3. The molecule has 5 aliphatic heterocycles. The Bertz CT molecular complexity index is 1920. The van der Waals surface area contributed by atoms with Crippen LogP contribution in [0.4, 0.5) is 19.3 Å². The predicted molar refractivity (Wildman–Crippen MR) is 202 cm³/mol. The first-order valence-electron chi connectivity index (χ1n) is 19.9. The first kappa shape index (κ1) is 40.7. The van der Waals surface area contributed by atoms with Gasteiger partial charge in [0.15, 0.2) is 11.5 Å². The van der Waals surface area contributed by atoms with Gasteiger partial charge in [-0.15, -0.1) is 0 Å². The molecule has 4 N–H and O–H groups in total. The lowest BCUT2D eigenvalue weighted by molar-refractivity contribution is -0.152. The van der Waals surface area contributed by atoms with Crippen LogP contribution in [0.5, 0.6) is 11.5 Å². The van der Waals surface area contributed by atoms with Gasteiger partial charge in [-0.05, 0) is 81.2 Å². The first-order valence-corrected chi connectivity index (χ1v) is 19.9. The van der Waals surface area contributed by atoms with Crippen molar-refractivity contribution in [2.24, 2.45) is 5.92 Å². The number of hydrogen-bond acceptors (Lipinski definition) is 9. The van der Waals surface area contributed by atoms with Crippen LogP contribution in [0.15, 0.2) is 36.4 Å². The molecule has 0 radical (unpaired) electrons. The maximum Gasteiger partial charge on any atom is 0.319 e. The van der Waals surface area contributed by atoms with Crippen LogP contribution in [0, 0.1) is 17.6 Å². The minimum Gasteiger partial charge on any atom is -0.454 e. The summed E-state index contributed by atoms with van der Waals surface area (Å²) in [7, 11) is 0. The van der Waals surface area contributed by atoms with Crippen LogP contribution in [-0.4, -0.2) is 126 Å². The van der Waals surface area contributed by atoms with Gasteiger partial charge in [0, 0.05) is 43.9 Å². The van der Waals surface area contributed by atoms with Gasteiger partial charge in [0.1, 0.15) is 41.8 Å². The third-order valence-corrected chi connectivity index (χ3v) is 11.4. The molecule has 2 aromatic carbocycles. The van der Waals surface area contributed by atoms with E-state index in [1.165, 1.54) is 15.9 Å². The molecule has 3 unspecified atom stereocenters. The normalized spacial score (nSPS) is 27.0. The van der Waals surface area contributed by atoms with E-state index < -0.39 is 71.5 Å². The molecule has 5 aliphatic rings. The predicted octanol–water partition coefficient (Wildman–Crippen LogP) is 2.06. The summed E-state index contributed by atoms with van der Waals surface area (Å²) < 4.78 is 45.5. The molecule has 2 aromatic rings. The number of benzene rings is 2. The minimum absolute atomic E-state index is 0.0113. The summed E-state index contributed by atoms with van der Waals surface area (Å²) in [5.74, 6) is -3.37. The highest BCUT2D eigenvalue weighted by molar-refractivity contribution is 5.98. The van der Waals surface area contributed by atoms with Gasteiger partial charge < -0.3 is 50.2 Å². The van der Waals surface area contributed by atoms with Crippen molar-refractivity contribution < 1.29 is 51.8 Å². The Morgan fingerprint density at radius 1 is 0.845 bits per heavy atom. The van der Waals surface area contributed by atoms with Crippen molar-refractivity contribution in [1.29, 1.82) is 0 Å². The Hall–Kier alpha value is -5.52. The number of halogens is 2. The van der Waals surface area contributed by atoms with E-state index in [0.29, 0.717) is 74.9 Å². The van der Waals surface area contributed by atoms with Gasteiger partial charge in [-0.3, -0.25) is 24.0 Å². The topological polar surface area (TPSA) is 188 Å². The number of hydrogen-bond donors (Lipinski definition) is 4. The second kappa shape index (κ2) is 17.5. The second-order valence-corrected chi connectivity index (χ2v) is 15.7. The molecule has 0 aliphatic carbocycles. The molecule has 7 rings (SSSR count). The highest BCUT2D eigenvalue weighted by atomic mass is 19.1. The highest BCUT2D eigenvalue weighted by Gasteiger charge is 2.44. The Balaban J connectivity index is 1.16. The highest BCUT2D eigenvalue weighted by Crippen LogP contribution is 2.34. The lowest BCUT2D eigenvalue weighted by atomic mass is 9.99. The van der Waals surface area contributed by atoms with Gasteiger partial charge >= 0.3 is 6.03 Å². The van der Waals surface area contributed by atoms with Gasteiger partial charge in [-0.1, -0.05) is 6.92 Å². The van der Waals surface area contributed by atoms with E-state index in [1.54, 1.807) is 24.0 Å². The number of piperidine rings is 1. The lowest BCUT2D eigenvalue weighted by Gasteiger charge is -2.39. The monoisotopic (exact) mass is 809 g/mol. The molecule has 4 fully saturated rings. The number of carbonyl (C=O) groups excluding carboxylic acids is 6. The fourth-order valence-electron chi connectivity index (χ4n) is 8.59. The molecule has 16 nitrogen and oxygen atoms in total. The van der Waals surface area contributed by atoms with E-state index in [9.17, 15) is 37.5 Å². The number of carbonyl (C=O) groups is 6. The fourth-order valence-corrected chi connectivity index (χ4v) is 8.59. The molecule has 7 atom stereocenters. The van der Waals surface area contributed by atoms with Gasteiger partial charge in [0.2, 0.25) is 36.3 Å². The molecular formula is C40H49F2N7O9. The molecule has 312 valence electrons. The average molecular weight is 810 g/mol. The summed E-state index contributed by atoms with van der Waals surface area (Å²) in [6.07, 6.45) is 2.83. The van der Waals surface area contributed by atoms with E-state index in [0.717, 1.165) is 12.1 Å². The van der Waals surface area contributed by atoms with E-state index in [2.05, 4.69) is 21.3 Å². The van der Waals surface area contributed by atoms with Crippen LogP contribution in [0.1, 0.15) is 57.9 Å². The van der Waals surface area contributed by atoms with Crippen LogP contribution in [0.3, 0.4) is 0 Å². The zero-order valence-corrected chi connectivity index (χ0v) is 32.5. The molecule has 7 amide bonds. The van der Waals surface area contributed by atoms with E-state index >= 15 is 0 Å². The van der Waals surface area contributed by atoms with Crippen LogP contribution in [-0.2, 0) is 35.1 Å². The zero-order valence-electron chi connectivity index (χ0n) is 32.5. The van der Waals surface area contributed by atoms with Crippen molar-refractivity contribution in [1.82, 2.24) is 30.7 Å². The summed E-state index contributed by atoms with van der Waals surface area (Å²) >= 11 is 0. The number of anilines is 1. The number of nitrogens with one attached hydrogen (secondary N) is 4. The van der Waals surface area contributed by atoms with Crippen molar-refractivity contribution >= 4 is 41.3 Å². The van der Waals surface area contributed by atoms with Gasteiger partial charge in [0.25, 0.3) is 0 Å². The minimum atomic E-state index is -1.46. The standard InChI is InChI=1S/C40H49F2N7O9/c1-22-12-28-19-56-20-30(38(53)48-11-5-7-32(48)39(54)47-10-4-3-6-31(47)36(51)43-23(2)37(52)49(28)18-22)45-35(50)29(15-24-13-25(41)16-26(42)14-24)46-40(55)44-27-8-9-33-34(17-27)58-21-57-33/h8-9,13-14,16-17,22-23,28-32H,3-7,10-12,15,18-21H2,1-2H3,(H,43,51)(H,45,50)(H2,44,46,55)/t22-,23-,28?,29-,30-,31?,32?/m0/s1. The van der Waals surface area contributed by atoms with E-state index in [1.807, 2.05) is 6.92 Å². The first-order chi connectivity index (χ1) is 27.8. The zero-order chi connectivity index (χ0) is 41.1. The van der Waals surface area contributed by atoms with Crippen LogP contribution in [0.2, 0.25) is 0 Å². The SMILES string of the molecule is C[C@H]1CC2COC[C@H](NC(=O)[C@H](Cc3cc(F)cc(F)c3)NC(=O)Nc3ccc4c(c3)OCO4)C(=O)N3CCCC3C(=O)N3CCCCC3C(=O)N[C@@H](C)C(=O)N2C1. The van der Waals surface area contributed by atoms with Gasteiger partial charge in [0.05, 0.1) is 19.3 Å². The maximum absolute atomic E-state index is 14.5. The summed E-state index contributed by atoms with van der Waals surface area (Å²) in [5, 5.41) is 10.7. The number of rotatable bonds is 6. The second-order valence-electron chi connectivity index (χ2n) is 15.7. The third kappa shape index (κ3) is 9.11. The molecule has 18 heteroatoms. The summed E-state index contributed by atoms with van der Waals surface area (Å²) in [6.45, 7) is 4.23. The quantitative estimate of drug-likeness (QED) is 0.339. The number of nitrogens with zero attached hydrogens (tertiary/aromatic N) is 3. The van der Waals surface area contributed by atoms with Crippen molar-refractivity contribution in [3.63, 3.8) is 0 Å². The van der Waals surface area contributed by atoms with E-state index in [-0.39, 0.29) is 56.4 Å². The van der Waals surface area contributed by atoms with Crippen LogP contribution < -0.4 is 30.7 Å². The molecule has 0 bridgehead atoms. The van der Waals surface area contributed by atoms with Crippen LogP contribution in [0.25, 0.3) is 0 Å². The smallest absolute Gasteiger partial charge is 0.319 e. The van der Waals surface area contributed by atoms with Crippen molar-refractivity contribution in [2.75, 3.05) is 45.0 Å². The van der Waals surface area contributed by atoms with Crippen LogP contribution >= 0.6 is 0 Å².